The summed E-state index contributed by atoms with van der Waals surface area (Å²) in [6.45, 7) is 0. The van der Waals surface area contributed by atoms with Crippen LogP contribution in [0.4, 0.5) is 0 Å². The van der Waals surface area contributed by atoms with E-state index in [0.29, 0.717) is 11.1 Å². The Bertz CT molecular complexity index is 818. The first-order chi connectivity index (χ1) is 9.16. The highest BCUT2D eigenvalue weighted by Crippen LogP contribution is 2.28. The summed E-state index contributed by atoms with van der Waals surface area (Å²) in [6, 6.07) is 10.9. The molecular weight excluding hydrogens is 244 g/mol. The number of phenols is 2. The summed E-state index contributed by atoms with van der Waals surface area (Å²) in [4.78, 5) is 12.4. The molecule has 3 aromatic rings. The van der Waals surface area contributed by atoms with E-state index < -0.39 is 0 Å². The summed E-state index contributed by atoms with van der Waals surface area (Å²) < 4.78 is 5.37. The largest absolute Gasteiger partial charge is 0.508 e. The molecule has 0 spiro atoms. The molecule has 0 aliphatic rings. The lowest BCUT2D eigenvalue weighted by molar-refractivity contribution is 0.475. The number of fused-ring (bicyclic) bond motifs is 1. The number of rotatable bonds is 1. The molecule has 0 bridgehead atoms. The molecule has 0 unspecified atom stereocenters. The van der Waals surface area contributed by atoms with E-state index in [4.69, 9.17) is 4.42 Å². The summed E-state index contributed by atoms with van der Waals surface area (Å²) in [7, 11) is 0. The van der Waals surface area contributed by atoms with Crippen LogP contribution in [0.15, 0.2) is 57.9 Å². The zero-order valence-electron chi connectivity index (χ0n) is 9.83. The minimum atomic E-state index is -0.293. The van der Waals surface area contributed by atoms with E-state index in [1.165, 1.54) is 30.5 Å². The number of benzene rings is 2. The molecule has 1 aromatic heterocycles. The van der Waals surface area contributed by atoms with Gasteiger partial charge in [0, 0.05) is 5.56 Å². The van der Waals surface area contributed by atoms with Gasteiger partial charge in [-0.25, -0.2) is 0 Å². The van der Waals surface area contributed by atoms with Gasteiger partial charge in [0.2, 0.25) is 5.43 Å². The van der Waals surface area contributed by atoms with E-state index in [1.54, 1.807) is 18.2 Å². The van der Waals surface area contributed by atoms with Crippen molar-refractivity contribution in [2.45, 2.75) is 0 Å². The quantitative estimate of drug-likeness (QED) is 0.700. The van der Waals surface area contributed by atoms with Gasteiger partial charge < -0.3 is 14.6 Å². The zero-order chi connectivity index (χ0) is 13.4. The highest BCUT2D eigenvalue weighted by molar-refractivity contribution is 5.83. The van der Waals surface area contributed by atoms with Crippen molar-refractivity contribution >= 4 is 11.0 Å². The molecule has 4 heteroatoms. The third-order valence-electron chi connectivity index (χ3n) is 2.95. The van der Waals surface area contributed by atoms with Crippen molar-refractivity contribution in [1.82, 2.24) is 0 Å². The van der Waals surface area contributed by atoms with Crippen molar-refractivity contribution in [2.75, 3.05) is 0 Å². The molecule has 0 amide bonds. The molecule has 2 N–H and O–H groups in total. The Morgan fingerprint density at radius 3 is 2.53 bits per heavy atom. The zero-order valence-corrected chi connectivity index (χ0v) is 9.83. The normalized spacial score (nSPS) is 10.7. The van der Waals surface area contributed by atoms with Crippen LogP contribution in [0.2, 0.25) is 0 Å². The standard InChI is InChI=1S/C15H10O4/c16-9-5-6-14-11(7-9)15(18)12(8-19-14)10-3-1-2-4-13(10)17/h1-8,16-17H. The summed E-state index contributed by atoms with van der Waals surface area (Å²) in [5, 5.41) is 19.5. The van der Waals surface area contributed by atoms with Crippen LogP contribution in [0.1, 0.15) is 0 Å². The average Bonchev–Trinajstić information content (AvgIpc) is 2.41. The number of hydrogen-bond acceptors (Lipinski definition) is 4. The first-order valence-corrected chi connectivity index (χ1v) is 5.70. The molecule has 19 heavy (non-hydrogen) atoms. The van der Waals surface area contributed by atoms with Crippen molar-refractivity contribution in [1.29, 1.82) is 0 Å². The SMILES string of the molecule is O=c1c(-c2ccccc2O)coc2ccc(O)cc12. The molecule has 0 saturated carbocycles. The van der Waals surface area contributed by atoms with Crippen LogP contribution < -0.4 is 5.43 Å². The van der Waals surface area contributed by atoms with E-state index in [9.17, 15) is 15.0 Å². The minimum absolute atomic E-state index is 0.00534. The van der Waals surface area contributed by atoms with Crippen LogP contribution in [-0.2, 0) is 0 Å². The van der Waals surface area contributed by atoms with Crippen LogP contribution >= 0.6 is 0 Å². The molecule has 0 fully saturated rings. The van der Waals surface area contributed by atoms with Crippen molar-refractivity contribution in [3.05, 3.63) is 59.0 Å². The predicted octanol–water partition coefficient (Wildman–Crippen LogP) is 2.87. The predicted molar refractivity (Wildman–Crippen MR) is 71.2 cm³/mol. The lowest BCUT2D eigenvalue weighted by atomic mass is 10.0. The summed E-state index contributed by atoms with van der Waals surface area (Å²) in [5.41, 5.74) is 0.762. The van der Waals surface area contributed by atoms with Crippen molar-refractivity contribution in [2.24, 2.45) is 0 Å². The Morgan fingerprint density at radius 2 is 1.74 bits per heavy atom. The van der Waals surface area contributed by atoms with Gasteiger partial charge in [-0.3, -0.25) is 4.79 Å². The van der Waals surface area contributed by atoms with Gasteiger partial charge in [0.25, 0.3) is 0 Å². The Labute approximate surface area is 108 Å². The van der Waals surface area contributed by atoms with Gasteiger partial charge in [-0.15, -0.1) is 0 Å². The third kappa shape index (κ3) is 1.83. The number of aromatic hydroxyl groups is 2. The van der Waals surface area contributed by atoms with Gasteiger partial charge in [-0.05, 0) is 24.3 Å². The lowest BCUT2D eigenvalue weighted by Gasteiger charge is -2.04. The molecule has 0 aliphatic heterocycles. The van der Waals surface area contributed by atoms with Crippen LogP contribution in [0.5, 0.6) is 11.5 Å². The average molecular weight is 254 g/mol. The van der Waals surface area contributed by atoms with Gasteiger partial charge in [0.15, 0.2) is 0 Å². The van der Waals surface area contributed by atoms with Crippen molar-refractivity contribution in [3.8, 4) is 22.6 Å². The summed E-state index contributed by atoms with van der Waals surface area (Å²) in [5.74, 6) is 0.00327. The number of para-hydroxylation sites is 1. The lowest BCUT2D eigenvalue weighted by Crippen LogP contribution is -2.04. The van der Waals surface area contributed by atoms with Crippen LogP contribution in [-0.4, -0.2) is 10.2 Å². The molecule has 3 rings (SSSR count). The smallest absolute Gasteiger partial charge is 0.200 e. The second-order valence-corrected chi connectivity index (χ2v) is 4.18. The van der Waals surface area contributed by atoms with Crippen LogP contribution in [0.3, 0.4) is 0 Å². The summed E-state index contributed by atoms with van der Waals surface area (Å²) >= 11 is 0. The third-order valence-corrected chi connectivity index (χ3v) is 2.95. The van der Waals surface area contributed by atoms with E-state index in [2.05, 4.69) is 0 Å². The Morgan fingerprint density at radius 1 is 0.947 bits per heavy atom. The van der Waals surface area contributed by atoms with Gasteiger partial charge in [-0.1, -0.05) is 18.2 Å². The Balaban J connectivity index is 2.35. The van der Waals surface area contributed by atoms with Crippen molar-refractivity contribution in [3.63, 3.8) is 0 Å². The van der Waals surface area contributed by atoms with Gasteiger partial charge in [0.05, 0.1) is 10.9 Å². The highest BCUT2D eigenvalue weighted by Gasteiger charge is 2.12. The minimum Gasteiger partial charge on any atom is -0.508 e. The van der Waals surface area contributed by atoms with E-state index in [-0.39, 0.29) is 27.9 Å². The fraction of sp³-hybridized carbons (Fsp3) is 0. The van der Waals surface area contributed by atoms with E-state index in [0.717, 1.165) is 0 Å². The molecule has 0 radical (unpaired) electrons. The molecule has 0 saturated heterocycles. The fourth-order valence-electron chi connectivity index (χ4n) is 2.01. The topological polar surface area (TPSA) is 70.7 Å². The van der Waals surface area contributed by atoms with E-state index in [1.807, 2.05) is 0 Å². The Kier molecular flexibility index (Phi) is 2.49. The van der Waals surface area contributed by atoms with Crippen LogP contribution in [0, 0.1) is 0 Å². The van der Waals surface area contributed by atoms with Gasteiger partial charge in [0.1, 0.15) is 23.3 Å². The van der Waals surface area contributed by atoms with Gasteiger partial charge in [-0.2, -0.15) is 0 Å². The molecule has 94 valence electrons. The monoisotopic (exact) mass is 254 g/mol. The number of hydrogen-bond donors (Lipinski definition) is 2. The maximum atomic E-state index is 12.4. The first kappa shape index (κ1) is 11.3. The van der Waals surface area contributed by atoms with E-state index >= 15 is 0 Å². The summed E-state index contributed by atoms with van der Waals surface area (Å²) in [6.07, 6.45) is 1.32. The second kappa shape index (κ2) is 4.17. The number of phenolic OH excluding ortho intramolecular Hbond substituents is 2. The maximum Gasteiger partial charge on any atom is 0.200 e. The van der Waals surface area contributed by atoms with Crippen LogP contribution in [0.25, 0.3) is 22.1 Å². The molecule has 0 aliphatic carbocycles. The fourth-order valence-corrected chi connectivity index (χ4v) is 2.01. The maximum absolute atomic E-state index is 12.4. The molecule has 1 heterocycles. The Hall–Kier alpha value is -2.75. The molecule has 0 atom stereocenters. The molecule has 4 nitrogen and oxygen atoms in total. The first-order valence-electron chi connectivity index (χ1n) is 5.70. The van der Waals surface area contributed by atoms with Crippen molar-refractivity contribution < 1.29 is 14.6 Å². The molecular formula is C15H10O4. The second-order valence-electron chi connectivity index (χ2n) is 4.18. The molecule has 2 aromatic carbocycles. The van der Waals surface area contributed by atoms with Gasteiger partial charge >= 0.3 is 0 Å². The highest BCUT2D eigenvalue weighted by atomic mass is 16.3.